The lowest BCUT2D eigenvalue weighted by atomic mass is 10.3. The van der Waals surface area contributed by atoms with Crippen LogP contribution in [0.1, 0.15) is 15.4 Å². The highest BCUT2D eigenvalue weighted by Crippen LogP contribution is 2.16. The number of thiophene rings is 1. The molecule has 0 atom stereocenters. The Hall–Kier alpha value is -2.74. The molecule has 0 spiro atoms. The summed E-state index contributed by atoms with van der Waals surface area (Å²) in [4.78, 5) is 33.2. The molecule has 2 aromatic rings. The van der Waals surface area contributed by atoms with Crippen molar-refractivity contribution in [2.24, 2.45) is 0 Å². The third-order valence-electron chi connectivity index (χ3n) is 2.32. The molecule has 0 saturated carbocycles. The first-order valence-electron chi connectivity index (χ1n) is 5.72. The van der Waals surface area contributed by atoms with Crippen molar-refractivity contribution in [3.8, 4) is 0 Å². The fourth-order valence-corrected chi connectivity index (χ4v) is 2.02. The summed E-state index contributed by atoms with van der Waals surface area (Å²) in [5.41, 5.74) is 0. The number of hydrogen-bond donors (Lipinski definition) is 0. The largest absolute Gasteiger partial charge is 0.454 e. The molecule has 2 heterocycles. The Morgan fingerprint density at radius 2 is 2.19 bits per heavy atom. The number of ether oxygens (including phenoxy) is 1. The molecule has 0 N–H and O–H groups in total. The minimum atomic E-state index is -0.737. The van der Waals surface area contributed by atoms with Gasteiger partial charge in [-0.15, -0.1) is 11.3 Å². The molecule has 0 aliphatic heterocycles. The van der Waals surface area contributed by atoms with E-state index in [9.17, 15) is 19.7 Å². The first kappa shape index (κ1) is 14.7. The quantitative estimate of drug-likeness (QED) is 0.267. The molecule has 0 fully saturated rings. The zero-order valence-corrected chi connectivity index (χ0v) is 11.4. The molecule has 0 bridgehead atoms. The fourth-order valence-electron chi connectivity index (χ4n) is 1.37. The van der Waals surface area contributed by atoms with Crippen molar-refractivity contribution in [1.29, 1.82) is 0 Å². The molecule has 0 aromatic carbocycles. The van der Waals surface area contributed by atoms with Crippen LogP contribution in [0, 0.1) is 10.1 Å². The zero-order chi connectivity index (χ0) is 15.2. The van der Waals surface area contributed by atoms with Crippen molar-refractivity contribution in [1.82, 2.24) is 0 Å². The van der Waals surface area contributed by atoms with E-state index in [0.29, 0.717) is 4.88 Å². The van der Waals surface area contributed by atoms with Crippen LogP contribution in [0.25, 0.3) is 6.08 Å². The van der Waals surface area contributed by atoms with Crippen molar-refractivity contribution in [2.75, 3.05) is 6.61 Å². The van der Waals surface area contributed by atoms with Gasteiger partial charge in [0, 0.05) is 6.08 Å². The number of ketones is 1. The zero-order valence-electron chi connectivity index (χ0n) is 10.6. The number of hydrogen-bond acceptors (Lipinski definition) is 7. The van der Waals surface area contributed by atoms with E-state index >= 15 is 0 Å². The highest BCUT2D eigenvalue weighted by atomic mass is 32.1. The molecule has 2 aromatic heterocycles. The molecule has 7 nitrogen and oxygen atoms in total. The number of carbonyl (C=O) groups excluding carboxylic acids is 2. The average molecular weight is 307 g/mol. The summed E-state index contributed by atoms with van der Waals surface area (Å²) >= 11 is 1.26. The summed E-state index contributed by atoms with van der Waals surface area (Å²) in [5.74, 6) is -1.31. The van der Waals surface area contributed by atoms with Crippen LogP contribution in [-0.2, 0) is 9.53 Å². The van der Waals surface area contributed by atoms with Crippen molar-refractivity contribution in [3.05, 3.63) is 56.5 Å². The van der Waals surface area contributed by atoms with Crippen molar-refractivity contribution in [2.45, 2.75) is 0 Å². The summed E-state index contributed by atoms with van der Waals surface area (Å²) in [6.07, 6.45) is 2.26. The number of rotatable bonds is 6. The van der Waals surface area contributed by atoms with Gasteiger partial charge in [-0.3, -0.25) is 14.9 Å². The maximum atomic E-state index is 11.6. The number of carbonyl (C=O) groups is 2. The lowest BCUT2D eigenvalue weighted by Gasteiger charge is -1.98. The van der Waals surface area contributed by atoms with E-state index in [-0.39, 0.29) is 18.2 Å². The average Bonchev–Trinajstić information content (AvgIpc) is 3.13. The molecule has 0 unspecified atom stereocenters. The number of furan rings is 1. The van der Waals surface area contributed by atoms with Crippen LogP contribution < -0.4 is 0 Å². The molecule has 21 heavy (non-hydrogen) atoms. The second kappa shape index (κ2) is 6.62. The van der Waals surface area contributed by atoms with E-state index in [4.69, 9.17) is 9.15 Å². The van der Waals surface area contributed by atoms with Crippen LogP contribution in [0.15, 0.2) is 40.1 Å². The lowest BCUT2D eigenvalue weighted by molar-refractivity contribution is -0.402. The van der Waals surface area contributed by atoms with E-state index in [1.54, 1.807) is 17.5 Å². The van der Waals surface area contributed by atoms with E-state index in [1.807, 2.05) is 0 Å². The van der Waals surface area contributed by atoms with Crippen LogP contribution in [-0.4, -0.2) is 23.3 Å². The summed E-state index contributed by atoms with van der Waals surface area (Å²) in [6, 6.07) is 5.88. The highest BCUT2D eigenvalue weighted by Gasteiger charge is 2.11. The summed E-state index contributed by atoms with van der Waals surface area (Å²) in [5, 5.41) is 12.2. The van der Waals surface area contributed by atoms with Gasteiger partial charge in [0.15, 0.2) is 6.61 Å². The molecular formula is C13H9NO6S. The van der Waals surface area contributed by atoms with Gasteiger partial charge >= 0.3 is 11.9 Å². The Morgan fingerprint density at radius 1 is 1.38 bits per heavy atom. The lowest BCUT2D eigenvalue weighted by Crippen LogP contribution is -2.11. The molecule has 0 aliphatic rings. The van der Waals surface area contributed by atoms with Gasteiger partial charge in [0.25, 0.3) is 0 Å². The van der Waals surface area contributed by atoms with Crippen LogP contribution >= 0.6 is 11.3 Å². The monoisotopic (exact) mass is 307 g/mol. The van der Waals surface area contributed by atoms with Crippen molar-refractivity contribution in [3.63, 3.8) is 0 Å². The maximum Gasteiger partial charge on any atom is 0.433 e. The fraction of sp³-hybridized carbons (Fsp3) is 0.0769. The van der Waals surface area contributed by atoms with E-state index < -0.39 is 16.8 Å². The third kappa shape index (κ3) is 4.11. The number of nitro groups is 1. The molecule has 0 aliphatic carbocycles. The van der Waals surface area contributed by atoms with Gasteiger partial charge in [0.1, 0.15) is 10.7 Å². The van der Waals surface area contributed by atoms with Gasteiger partial charge in [-0.25, -0.2) is 4.79 Å². The van der Waals surface area contributed by atoms with Gasteiger partial charge in [-0.05, 0) is 23.6 Å². The first-order chi connectivity index (χ1) is 10.1. The topological polar surface area (TPSA) is 99.7 Å². The van der Waals surface area contributed by atoms with E-state index in [1.165, 1.54) is 29.5 Å². The predicted octanol–water partition coefficient (Wildman–Crippen LogP) is 2.69. The second-order valence-corrected chi connectivity index (χ2v) is 4.72. The minimum absolute atomic E-state index is 0.142. The van der Waals surface area contributed by atoms with Crippen LogP contribution in [0.3, 0.4) is 0 Å². The molecule has 0 radical (unpaired) electrons. The molecule has 108 valence electrons. The first-order valence-corrected chi connectivity index (χ1v) is 6.60. The molecule has 8 heteroatoms. The minimum Gasteiger partial charge on any atom is -0.454 e. The van der Waals surface area contributed by atoms with Crippen LogP contribution in [0.4, 0.5) is 5.88 Å². The van der Waals surface area contributed by atoms with Crippen molar-refractivity contribution < 1.29 is 23.7 Å². The molecule has 2 rings (SSSR count). The van der Waals surface area contributed by atoms with Gasteiger partial charge in [0.2, 0.25) is 5.78 Å². The number of Topliss-reactive ketones (excluding diaryl/α,β-unsaturated/α-hetero) is 1. The maximum absolute atomic E-state index is 11.6. The molecular weight excluding hydrogens is 298 g/mol. The Bertz CT molecular complexity index is 685. The Kier molecular flexibility index (Phi) is 4.62. The third-order valence-corrected chi connectivity index (χ3v) is 3.23. The van der Waals surface area contributed by atoms with Gasteiger partial charge in [-0.1, -0.05) is 6.07 Å². The smallest absolute Gasteiger partial charge is 0.433 e. The van der Waals surface area contributed by atoms with Gasteiger partial charge in [-0.2, -0.15) is 0 Å². The van der Waals surface area contributed by atoms with Gasteiger partial charge < -0.3 is 9.15 Å². The highest BCUT2D eigenvalue weighted by molar-refractivity contribution is 7.12. The summed E-state index contributed by atoms with van der Waals surface area (Å²) in [7, 11) is 0. The molecule has 0 saturated heterocycles. The normalized spacial score (nSPS) is 10.7. The summed E-state index contributed by atoms with van der Waals surface area (Å²) in [6.45, 7) is -0.359. The Labute approximate surface area is 122 Å². The Balaban J connectivity index is 1.85. The van der Waals surface area contributed by atoms with Gasteiger partial charge in [0.05, 0.1) is 10.9 Å². The number of esters is 1. The van der Waals surface area contributed by atoms with Crippen molar-refractivity contribution >= 4 is 35.0 Å². The van der Waals surface area contributed by atoms with Crippen LogP contribution in [0.2, 0.25) is 0 Å². The van der Waals surface area contributed by atoms with Crippen LogP contribution in [0.5, 0.6) is 0 Å². The van der Waals surface area contributed by atoms with E-state index in [0.717, 1.165) is 6.08 Å². The summed E-state index contributed by atoms with van der Waals surface area (Å²) < 4.78 is 9.58. The second-order valence-electron chi connectivity index (χ2n) is 3.77. The Morgan fingerprint density at radius 3 is 2.81 bits per heavy atom. The number of nitrogens with zero attached hydrogens (tertiary/aromatic N) is 1. The SMILES string of the molecule is O=C(/C=C/c1ccc([N+](=O)[O-])o1)OCC(=O)c1cccs1. The molecule has 0 amide bonds. The van der Waals surface area contributed by atoms with E-state index in [2.05, 4.69) is 0 Å². The predicted molar refractivity (Wildman–Crippen MR) is 74.0 cm³/mol. The standard InChI is InChI=1S/C13H9NO6S/c15-10(11-2-1-7-21-11)8-19-13(16)6-4-9-3-5-12(20-9)14(17)18/h1-7H,8H2/b6-4+.